The van der Waals surface area contributed by atoms with E-state index in [4.69, 9.17) is 4.74 Å². The highest BCUT2D eigenvalue weighted by Crippen LogP contribution is 2.30. The fourth-order valence-corrected chi connectivity index (χ4v) is 3.96. The van der Waals surface area contributed by atoms with E-state index in [-0.39, 0.29) is 24.1 Å². The summed E-state index contributed by atoms with van der Waals surface area (Å²) in [6, 6.07) is 8.83. The van der Waals surface area contributed by atoms with E-state index in [2.05, 4.69) is 5.32 Å². The third-order valence-corrected chi connectivity index (χ3v) is 6.03. The summed E-state index contributed by atoms with van der Waals surface area (Å²) in [6.07, 6.45) is -2.35. The van der Waals surface area contributed by atoms with E-state index < -0.39 is 17.8 Å². The standard InChI is InChI=1S/C23H28F3NO3S/c1-4-30-22(29)12-15(2)21-11-10-19(31-21)9-8-16(3)27-14-20(28)17-6-5-7-18(13-17)23(24,25)26/h5-7,10-13,16,20,27-28H,4,8-9,14H2,1-3H3/t16-,20+/m1/s1. The zero-order valence-corrected chi connectivity index (χ0v) is 18.6. The Morgan fingerprint density at radius 2 is 2.03 bits per heavy atom. The van der Waals surface area contributed by atoms with Gasteiger partial charge in [-0.15, -0.1) is 11.3 Å². The number of hydrogen-bond acceptors (Lipinski definition) is 5. The lowest BCUT2D eigenvalue weighted by Gasteiger charge is -2.18. The number of hydrogen-bond donors (Lipinski definition) is 2. The maximum absolute atomic E-state index is 12.8. The molecule has 0 saturated heterocycles. The number of alkyl halides is 3. The van der Waals surface area contributed by atoms with Crippen LogP contribution in [0.2, 0.25) is 0 Å². The maximum Gasteiger partial charge on any atom is 0.416 e. The zero-order chi connectivity index (χ0) is 23.0. The molecule has 31 heavy (non-hydrogen) atoms. The first-order valence-electron chi connectivity index (χ1n) is 10.1. The van der Waals surface area contributed by atoms with Gasteiger partial charge in [0, 0.05) is 28.4 Å². The van der Waals surface area contributed by atoms with E-state index in [0.717, 1.165) is 35.4 Å². The molecular formula is C23H28F3NO3S. The number of nitrogens with one attached hydrogen (secondary N) is 1. The molecule has 0 aliphatic rings. The SMILES string of the molecule is CCOC(=O)C=C(C)c1ccc(CC[C@@H](C)NC[C@H](O)c2cccc(C(F)(F)F)c2)s1. The molecule has 0 spiro atoms. The Morgan fingerprint density at radius 1 is 1.29 bits per heavy atom. The minimum atomic E-state index is -4.43. The predicted molar refractivity (Wildman–Crippen MR) is 117 cm³/mol. The van der Waals surface area contributed by atoms with Crippen LogP contribution in [0.5, 0.6) is 0 Å². The van der Waals surface area contributed by atoms with Crippen LogP contribution >= 0.6 is 11.3 Å². The summed E-state index contributed by atoms with van der Waals surface area (Å²) in [6.45, 7) is 6.11. The van der Waals surface area contributed by atoms with E-state index in [0.29, 0.717) is 6.61 Å². The summed E-state index contributed by atoms with van der Waals surface area (Å²) < 4.78 is 43.4. The zero-order valence-electron chi connectivity index (χ0n) is 17.8. The van der Waals surface area contributed by atoms with Crippen molar-refractivity contribution in [2.75, 3.05) is 13.2 Å². The van der Waals surface area contributed by atoms with Gasteiger partial charge in [-0.2, -0.15) is 13.2 Å². The molecule has 2 atom stereocenters. The molecule has 8 heteroatoms. The predicted octanol–water partition coefficient (Wildman–Crippen LogP) is 5.38. The Kier molecular flexibility index (Phi) is 9.28. The first-order valence-corrected chi connectivity index (χ1v) is 10.9. The molecule has 0 fully saturated rings. The van der Waals surface area contributed by atoms with Crippen molar-refractivity contribution >= 4 is 22.9 Å². The number of carbonyl (C=O) groups is 1. The Hall–Kier alpha value is -2.16. The molecule has 1 heterocycles. The van der Waals surface area contributed by atoms with Crippen molar-refractivity contribution in [2.24, 2.45) is 0 Å². The van der Waals surface area contributed by atoms with Gasteiger partial charge in [0.2, 0.25) is 0 Å². The molecular weight excluding hydrogens is 427 g/mol. The Balaban J connectivity index is 1.83. The van der Waals surface area contributed by atoms with E-state index >= 15 is 0 Å². The molecule has 170 valence electrons. The third kappa shape index (κ3) is 8.12. The molecule has 0 saturated carbocycles. The second-order valence-corrected chi connectivity index (χ2v) is 8.50. The lowest BCUT2D eigenvalue weighted by molar-refractivity contribution is -0.138. The molecule has 0 radical (unpaired) electrons. The fourth-order valence-electron chi connectivity index (χ4n) is 2.97. The first kappa shape index (κ1) is 25.1. The minimum Gasteiger partial charge on any atom is -0.463 e. The van der Waals surface area contributed by atoms with Gasteiger partial charge < -0.3 is 15.2 Å². The maximum atomic E-state index is 12.8. The number of rotatable bonds is 10. The second-order valence-electron chi connectivity index (χ2n) is 7.33. The largest absolute Gasteiger partial charge is 0.463 e. The molecule has 2 rings (SSSR count). The van der Waals surface area contributed by atoms with Crippen molar-refractivity contribution in [3.8, 4) is 0 Å². The summed E-state index contributed by atoms with van der Waals surface area (Å²) in [5.41, 5.74) is 0.323. The number of aliphatic hydroxyl groups is 1. The average Bonchev–Trinajstić information content (AvgIpc) is 3.19. The number of aryl methyl sites for hydroxylation is 1. The Morgan fingerprint density at radius 3 is 2.71 bits per heavy atom. The third-order valence-electron chi connectivity index (χ3n) is 4.75. The Bertz CT molecular complexity index is 892. The highest BCUT2D eigenvalue weighted by Gasteiger charge is 2.30. The quantitative estimate of drug-likeness (QED) is 0.373. The monoisotopic (exact) mass is 455 g/mol. The lowest BCUT2D eigenvalue weighted by atomic mass is 10.0. The van der Waals surface area contributed by atoms with Gasteiger partial charge in [-0.05, 0) is 69.0 Å². The van der Waals surface area contributed by atoms with Gasteiger partial charge in [0.25, 0.3) is 0 Å². The van der Waals surface area contributed by atoms with Crippen molar-refractivity contribution < 1.29 is 27.8 Å². The van der Waals surface area contributed by atoms with Crippen molar-refractivity contribution in [1.82, 2.24) is 5.32 Å². The van der Waals surface area contributed by atoms with Gasteiger partial charge in [-0.3, -0.25) is 0 Å². The molecule has 0 unspecified atom stereocenters. The molecule has 1 aromatic heterocycles. The molecule has 0 bridgehead atoms. The molecule has 0 aliphatic heterocycles. The number of halogens is 3. The van der Waals surface area contributed by atoms with Crippen LogP contribution in [0, 0.1) is 0 Å². The van der Waals surface area contributed by atoms with Gasteiger partial charge >= 0.3 is 12.1 Å². The number of benzene rings is 1. The van der Waals surface area contributed by atoms with Crippen LogP contribution in [0.1, 0.15) is 54.2 Å². The first-order chi connectivity index (χ1) is 14.6. The number of thiophene rings is 1. The summed E-state index contributed by atoms with van der Waals surface area (Å²) in [5, 5.41) is 13.4. The topological polar surface area (TPSA) is 58.6 Å². The second kappa shape index (κ2) is 11.5. The van der Waals surface area contributed by atoms with Crippen molar-refractivity contribution in [2.45, 2.75) is 51.9 Å². The average molecular weight is 456 g/mol. The van der Waals surface area contributed by atoms with Crippen LogP contribution in [0.3, 0.4) is 0 Å². The summed E-state index contributed by atoms with van der Waals surface area (Å²) >= 11 is 1.61. The highest BCUT2D eigenvalue weighted by molar-refractivity contribution is 7.13. The molecule has 1 aromatic carbocycles. The van der Waals surface area contributed by atoms with Crippen LogP contribution < -0.4 is 5.32 Å². The highest BCUT2D eigenvalue weighted by atomic mass is 32.1. The molecule has 0 aliphatic carbocycles. The smallest absolute Gasteiger partial charge is 0.416 e. The normalized spacial score (nSPS) is 14.4. The van der Waals surface area contributed by atoms with Gasteiger partial charge in [-0.1, -0.05) is 12.1 Å². The van der Waals surface area contributed by atoms with Crippen molar-refractivity contribution in [3.63, 3.8) is 0 Å². The molecule has 2 aromatic rings. The fraction of sp³-hybridized carbons (Fsp3) is 0.435. The van der Waals surface area contributed by atoms with E-state index in [1.807, 2.05) is 26.0 Å². The summed E-state index contributed by atoms with van der Waals surface area (Å²) in [5.74, 6) is -0.355. The van der Waals surface area contributed by atoms with E-state index in [1.54, 1.807) is 18.3 Å². The number of ether oxygens (including phenoxy) is 1. The van der Waals surface area contributed by atoms with Gasteiger partial charge in [0.1, 0.15) is 0 Å². The van der Waals surface area contributed by atoms with Crippen molar-refractivity contribution in [1.29, 1.82) is 0 Å². The number of esters is 1. The number of allylic oxidation sites excluding steroid dienone is 1. The van der Waals surface area contributed by atoms with E-state index in [9.17, 15) is 23.1 Å². The lowest BCUT2D eigenvalue weighted by Crippen LogP contribution is -2.30. The van der Waals surface area contributed by atoms with Crippen molar-refractivity contribution in [3.05, 3.63) is 63.4 Å². The van der Waals surface area contributed by atoms with Gasteiger partial charge in [-0.25, -0.2) is 4.79 Å². The van der Waals surface area contributed by atoms with E-state index in [1.165, 1.54) is 23.1 Å². The minimum absolute atomic E-state index is 0.0715. The molecule has 2 N–H and O–H groups in total. The Labute approximate surface area is 184 Å². The van der Waals surface area contributed by atoms with Gasteiger partial charge in [0.15, 0.2) is 0 Å². The van der Waals surface area contributed by atoms with Crippen LogP contribution in [0.4, 0.5) is 13.2 Å². The number of aliphatic hydroxyl groups excluding tert-OH is 1. The number of carbonyl (C=O) groups excluding carboxylic acids is 1. The van der Waals surface area contributed by atoms with Crippen LogP contribution in [-0.4, -0.2) is 30.3 Å². The summed E-state index contributed by atoms with van der Waals surface area (Å²) in [7, 11) is 0. The van der Waals surface area contributed by atoms with Gasteiger partial charge in [0.05, 0.1) is 18.3 Å². The summed E-state index contributed by atoms with van der Waals surface area (Å²) in [4.78, 5) is 13.7. The van der Waals surface area contributed by atoms with Crippen LogP contribution in [0.15, 0.2) is 42.5 Å². The molecule has 4 nitrogen and oxygen atoms in total. The van der Waals surface area contributed by atoms with Crippen LogP contribution in [-0.2, 0) is 22.1 Å². The molecule has 0 amide bonds. The van der Waals surface area contributed by atoms with Crippen LogP contribution in [0.25, 0.3) is 5.57 Å².